The Balaban J connectivity index is 2.45. The zero-order valence-electron chi connectivity index (χ0n) is 5.63. The number of hydrogen-bond acceptors (Lipinski definition) is 3. The van der Waals surface area contributed by atoms with Crippen molar-refractivity contribution >= 4 is 0 Å². The van der Waals surface area contributed by atoms with Crippen molar-refractivity contribution < 1.29 is 0 Å². The van der Waals surface area contributed by atoms with Crippen molar-refractivity contribution in [1.82, 2.24) is 0 Å². The van der Waals surface area contributed by atoms with E-state index in [4.69, 9.17) is 5.73 Å². The van der Waals surface area contributed by atoms with Crippen LogP contribution in [0.25, 0.3) is 0 Å². The van der Waals surface area contributed by atoms with Gasteiger partial charge in [-0.2, -0.15) is 4.91 Å². The van der Waals surface area contributed by atoms with Gasteiger partial charge in [-0.25, -0.2) is 0 Å². The normalized spacial score (nSPS) is 41.8. The summed E-state index contributed by atoms with van der Waals surface area (Å²) in [4.78, 5) is 10.2. The molecule has 1 saturated carbocycles. The summed E-state index contributed by atoms with van der Waals surface area (Å²) in [7, 11) is 0. The van der Waals surface area contributed by atoms with Crippen LogP contribution in [0.4, 0.5) is 0 Å². The highest BCUT2D eigenvalue weighted by Crippen LogP contribution is 2.39. The fourth-order valence-corrected chi connectivity index (χ4v) is 1.52. The van der Waals surface area contributed by atoms with Gasteiger partial charge in [0.05, 0.1) is 0 Å². The first-order chi connectivity index (χ1) is 4.22. The topological polar surface area (TPSA) is 55.4 Å². The molecule has 1 aliphatic carbocycles. The van der Waals surface area contributed by atoms with Crippen LogP contribution in [0.5, 0.6) is 0 Å². The molecular weight excluding hydrogens is 116 g/mol. The highest BCUT2D eigenvalue weighted by molar-refractivity contribution is 4.99. The van der Waals surface area contributed by atoms with E-state index in [0.29, 0.717) is 12.5 Å². The van der Waals surface area contributed by atoms with Gasteiger partial charge in [0, 0.05) is 6.54 Å². The van der Waals surface area contributed by atoms with Gasteiger partial charge in [0.2, 0.25) is 0 Å². The van der Waals surface area contributed by atoms with Crippen LogP contribution >= 0.6 is 0 Å². The van der Waals surface area contributed by atoms with Crippen LogP contribution in [-0.2, 0) is 0 Å². The predicted octanol–water partition coefficient (Wildman–Crippen LogP) is 0.880. The first kappa shape index (κ1) is 6.68. The molecule has 52 valence electrons. The Labute approximate surface area is 54.6 Å². The van der Waals surface area contributed by atoms with Crippen molar-refractivity contribution in [3.05, 3.63) is 4.91 Å². The molecule has 3 nitrogen and oxygen atoms in total. The molecule has 0 spiro atoms. The predicted molar refractivity (Wildman–Crippen MR) is 36.0 cm³/mol. The van der Waals surface area contributed by atoms with Crippen molar-refractivity contribution in [3.63, 3.8) is 0 Å². The summed E-state index contributed by atoms with van der Waals surface area (Å²) in [5.74, 6) is 0.645. The maximum absolute atomic E-state index is 10.2. The van der Waals surface area contributed by atoms with Crippen LogP contribution in [0, 0.1) is 10.8 Å². The maximum atomic E-state index is 10.2. The van der Waals surface area contributed by atoms with Crippen LogP contribution in [0.3, 0.4) is 0 Å². The van der Waals surface area contributed by atoms with E-state index in [9.17, 15) is 4.91 Å². The minimum Gasteiger partial charge on any atom is -0.328 e. The molecule has 1 aliphatic rings. The number of nitroso groups, excluding NO2 is 1. The smallest absolute Gasteiger partial charge is 0.115 e. The van der Waals surface area contributed by atoms with Gasteiger partial charge in [-0.15, -0.1) is 0 Å². The quantitative estimate of drug-likeness (QED) is 0.561. The van der Waals surface area contributed by atoms with E-state index in [0.717, 1.165) is 12.8 Å². The van der Waals surface area contributed by atoms with Gasteiger partial charge in [0.25, 0.3) is 0 Å². The van der Waals surface area contributed by atoms with Crippen LogP contribution in [0.1, 0.15) is 19.8 Å². The number of nitrogens with two attached hydrogens (primary N) is 1. The van der Waals surface area contributed by atoms with E-state index in [-0.39, 0.29) is 5.54 Å². The summed E-state index contributed by atoms with van der Waals surface area (Å²) < 4.78 is 0. The lowest BCUT2D eigenvalue weighted by molar-refractivity contribution is 0.172. The lowest BCUT2D eigenvalue weighted by Gasteiger charge is -2.39. The highest BCUT2D eigenvalue weighted by atomic mass is 16.3. The van der Waals surface area contributed by atoms with E-state index in [1.54, 1.807) is 0 Å². The lowest BCUT2D eigenvalue weighted by Crippen LogP contribution is -2.46. The number of rotatable bonds is 2. The van der Waals surface area contributed by atoms with Gasteiger partial charge >= 0.3 is 0 Å². The second-order valence-electron chi connectivity index (χ2n) is 3.03. The summed E-state index contributed by atoms with van der Waals surface area (Å²) in [6.07, 6.45) is 1.76. The fourth-order valence-electron chi connectivity index (χ4n) is 1.52. The second-order valence-corrected chi connectivity index (χ2v) is 3.03. The Morgan fingerprint density at radius 2 is 2.33 bits per heavy atom. The van der Waals surface area contributed by atoms with Gasteiger partial charge in [-0.05, 0) is 18.8 Å². The van der Waals surface area contributed by atoms with Crippen molar-refractivity contribution in [2.75, 3.05) is 6.54 Å². The second kappa shape index (κ2) is 2.06. The SMILES string of the molecule is CC1CC(CN)(N=O)C1. The zero-order chi connectivity index (χ0) is 6.91. The molecule has 1 rings (SSSR count). The zero-order valence-corrected chi connectivity index (χ0v) is 5.63. The van der Waals surface area contributed by atoms with E-state index in [2.05, 4.69) is 12.1 Å². The summed E-state index contributed by atoms with van der Waals surface area (Å²) >= 11 is 0. The first-order valence-electron chi connectivity index (χ1n) is 3.27. The molecule has 0 heterocycles. The van der Waals surface area contributed by atoms with Gasteiger partial charge in [-0.3, -0.25) is 0 Å². The summed E-state index contributed by atoms with van der Waals surface area (Å²) in [5, 5.41) is 3.02. The molecule has 0 bridgehead atoms. The number of nitrogens with zero attached hydrogens (tertiary/aromatic N) is 1. The van der Waals surface area contributed by atoms with Crippen molar-refractivity contribution in [1.29, 1.82) is 0 Å². The molecule has 2 N–H and O–H groups in total. The summed E-state index contributed by atoms with van der Waals surface area (Å²) in [5.41, 5.74) is 4.97. The third kappa shape index (κ3) is 0.965. The third-order valence-corrected chi connectivity index (χ3v) is 2.03. The highest BCUT2D eigenvalue weighted by Gasteiger charge is 2.42. The molecule has 0 amide bonds. The fraction of sp³-hybridized carbons (Fsp3) is 1.00. The average Bonchev–Trinajstić information content (AvgIpc) is 1.81. The monoisotopic (exact) mass is 128 g/mol. The molecule has 0 aromatic heterocycles. The molecular formula is C6H12N2O. The third-order valence-electron chi connectivity index (χ3n) is 2.03. The Hall–Kier alpha value is -0.440. The molecule has 0 saturated heterocycles. The Kier molecular flexibility index (Phi) is 1.53. The largest absolute Gasteiger partial charge is 0.328 e. The number of hydrogen-bond donors (Lipinski definition) is 1. The average molecular weight is 128 g/mol. The summed E-state index contributed by atoms with van der Waals surface area (Å²) in [6, 6.07) is 0. The van der Waals surface area contributed by atoms with Crippen LogP contribution < -0.4 is 5.73 Å². The van der Waals surface area contributed by atoms with Gasteiger partial charge < -0.3 is 5.73 Å². The van der Waals surface area contributed by atoms with Crippen molar-refractivity contribution in [3.8, 4) is 0 Å². The van der Waals surface area contributed by atoms with Gasteiger partial charge in [0.1, 0.15) is 5.54 Å². The van der Waals surface area contributed by atoms with E-state index < -0.39 is 0 Å². The Morgan fingerprint density at radius 3 is 2.44 bits per heavy atom. The van der Waals surface area contributed by atoms with E-state index in [1.807, 2.05) is 0 Å². The molecule has 9 heavy (non-hydrogen) atoms. The van der Waals surface area contributed by atoms with Crippen molar-refractivity contribution in [2.24, 2.45) is 16.8 Å². The maximum Gasteiger partial charge on any atom is 0.115 e. The van der Waals surface area contributed by atoms with Crippen molar-refractivity contribution in [2.45, 2.75) is 25.3 Å². The Bertz CT molecular complexity index is 118. The molecule has 0 aromatic rings. The Morgan fingerprint density at radius 1 is 1.78 bits per heavy atom. The van der Waals surface area contributed by atoms with Crippen LogP contribution in [0.15, 0.2) is 5.18 Å². The molecule has 1 fully saturated rings. The molecule has 0 radical (unpaired) electrons. The van der Waals surface area contributed by atoms with Crippen LogP contribution in [-0.4, -0.2) is 12.1 Å². The van der Waals surface area contributed by atoms with E-state index in [1.165, 1.54) is 0 Å². The first-order valence-corrected chi connectivity index (χ1v) is 3.27. The molecule has 3 heteroatoms. The van der Waals surface area contributed by atoms with Gasteiger partial charge in [-0.1, -0.05) is 12.1 Å². The molecule has 0 aromatic carbocycles. The van der Waals surface area contributed by atoms with E-state index >= 15 is 0 Å². The standard InChI is InChI=1S/C6H12N2O/c1-5-2-6(3-5,4-7)8-9/h5H,2-4,7H2,1H3. The lowest BCUT2D eigenvalue weighted by atomic mass is 9.70. The minimum atomic E-state index is -0.376. The summed E-state index contributed by atoms with van der Waals surface area (Å²) in [6.45, 7) is 2.53. The van der Waals surface area contributed by atoms with Gasteiger partial charge in [0.15, 0.2) is 0 Å². The molecule has 0 aliphatic heterocycles. The molecule has 0 unspecified atom stereocenters. The minimum absolute atomic E-state index is 0.376. The van der Waals surface area contributed by atoms with Crippen LogP contribution in [0.2, 0.25) is 0 Å². The molecule has 0 atom stereocenters.